The third-order valence-corrected chi connectivity index (χ3v) is 14.3. The molecular formula is C57H57BN4S. The standard InChI is InChI=1S/C57H57BN4S/c1-36-12-20-43(21-13-36)61-48-34-45(60(41-24-16-38(17-25-41)55(3,4)5)42-26-18-39(19-27-42)56(6,7)8)28-29-47(48)58-52-49(61)32-40(57(9,10)11)33-50(52)62(44-22-14-37(2)15-23-44)53-46-30-31-59-35-51(46)63-54(53)58/h12-35H,1-11H3. The van der Waals surface area contributed by atoms with Crippen molar-refractivity contribution in [3.05, 3.63) is 174 Å². The molecule has 63 heavy (non-hydrogen) atoms. The van der Waals surface area contributed by atoms with Crippen LogP contribution in [0.2, 0.25) is 0 Å². The maximum Gasteiger partial charge on any atom is 0.264 e. The van der Waals surface area contributed by atoms with Gasteiger partial charge in [-0.05, 0) is 137 Å². The van der Waals surface area contributed by atoms with Crippen LogP contribution in [-0.2, 0) is 16.2 Å². The van der Waals surface area contributed by atoms with E-state index in [1.54, 1.807) is 0 Å². The fourth-order valence-electron chi connectivity index (χ4n) is 9.49. The average molecular weight is 841 g/mol. The van der Waals surface area contributed by atoms with Gasteiger partial charge in [-0.25, -0.2) is 0 Å². The zero-order valence-electron chi connectivity index (χ0n) is 38.6. The van der Waals surface area contributed by atoms with Crippen LogP contribution in [-0.4, -0.2) is 11.7 Å². The molecule has 0 saturated carbocycles. The first-order valence-corrected chi connectivity index (χ1v) is 23.2. The van der Waals surface area contributed by atoms with Gasteiger partial charge in [0.1, 0.15) is 0 Å². The monoisotopic (exact) mass is 840 g/mol. The molecule has 6 heteroatoms. The van der Waals surface area contributed by atoms with Crippen molar-refractivity contribution in [3.63, 3.8) is 0 Å². The molecule has 0 atom stereocenters. The van der Waals surface area contributed by atoms with Crippen LogP contribution in [0.5, 0.6) is 0 Å². The van der Waals surface area contributed by atoms with Crippen LogP contribution in [0.3, 0.4) is 0 Å². The Morgan fingerprint density at radius 1 is 0.508 bits per heavy atom. The molecule has 2 aliphatic heterocycles. The largest absolute Gasteiger partial charge is 0.311 e. The normalized spacial score (nSPS) is 13.5. The van der Waals surface area contributed by atoms with Crippen LogP contribution < -0.4 is 30.4 Å². The molecule has 4 nitrogen and oxygen atoms in total. The number of nitrogens with zero attached hydrogens (tertiary/aromatic N) is 4. The number of thiophene rings is 1. The summed E-state index contributed by atoms with van der Waals surface area (Å²) >= 11 is 1.89. The van der Waals surface area contributed by atoms with Crippen molar-refractivity contribution in [1.29, 1.82) is 0 Å². The Hall–Kier alpha value is -6.11. The second-order valence-electron chi connectivity index (χ2n) is 20.8. The molecule has 0 bridgehead atoms. The Labute approximate surface area is 379 Å². The second kappa shape index (κ2) is 14.7. The van der Waals surface area contributed by atoms with Crippen molar-refractivity contribution < 1.29 is 0 Å². The first kappa shape index (κ1) is 40.9. The Morgan fingerprint density at radius 2 is 1.00 bits per heavy atom. The summed E-state index contributed by atoms with van der Waals surface area (Å²) in [7, 11) is 0. The van der Waals surface area contributed by atoms with E-state index < -0.39 is 0 Å². The van der Waals surface area contributed by atoms with Crippen LogP contribution >= 0.6 is 11.3 Å². The first-order chi connectivity index (χ1) is 30.0. The minimum absolute atomic E-state index is 0.00875. The van der Waals surface area contributed by atoms with E-state index in [1.807, 2.05) is 17.5 Å². The zero-order valence-corrected chi connectivity index (χ0v) is 39.4. The van der Waals surface area contributed by atoms with Gasteiger partial charge in [-0.2, -0.15) is 0 Å². The second-order valence-corrected chi connectivity index (χ2v) is 21.9. The van der Waals surface area contributed by atoms with Gasteiger partial charge < -0.3 is 14.7 Å². The molecule has 0 saturated heterocycles. The summed E-state index contributed by atoms with van der Waals surface area (Å²) in [6, 6.07) is 51.0. The maximum absolute atomic E-state index is 4.65. The van der Waals surface area contributed by atoms with Gasteiger partial charge in [0.15, 0.2) is 0 Å². The molecule has 6 aromatic carbocycles. The number of hydrogen-bond acceptors (Lipinski definition) is 5. The number of pyridine rings is 1. The number of fused-ring (bicyclic) bond motifs is 6. The van der Waals surface area contributed by atoms with Crippen molar-refractivity contribution in [2.45, 2.75) is 92.4 Å². The summed E-state index contributed by atoms with van der Waals surface area (Å²) in [5, 5.41) is 1.24. The van der Waals surface area contributed by atoms with Crippen LogP contribution in [0.1, 0.15) is 90.1 Å². The topological polar surface area (TPSA) is 22.6 Å². The van der Waals surface area contributed by atoms with Crippen molar-refractivity contribution in [3.8, 4) is 0 Å². The molecule has 0 radical (unpaired) electrons. The summed E-state index contributed by atoms with van der Waals surface area (Å²) in [5.41, 5.74) is 19.7. The maximum atomic E-state index is 4.65. The zero-order chi connectivity index (χ0) is 44.2. The van der Waals surface area contributed by atoms with Crippen molar-refractivity contribution >= 4 is 95.0 Å². The van der Waals surface area contributed by atoms with Gasteiger partial charge in [0.05, 0.1) is 10.4 Å². The Bertz CT molecular complexity index is 2960. The van der Waals surface area contributed by atoms with E-state index >= 15 is 0 Å². The molecule has 0 amide bonds. The smallest absolute Gasteiger partial charge is 0.264 e. The highest BCUT2D eigenvalue weighted by molar-refractivity contribution is 7.33. The molecule has 0 aliphatic carbocycles. The number of aryl methyl sites for hydroxylation is 2. The molecule has 314 valence electrons. The minimum atomic E-state index is -0.114. The first-order valence-electron chi connectivity index (χ1n) is 22.4. The molecule has 0 fully saturated rings. The predicted octanol–water partition coefficient (Wildman–Crippen LogP) is 14.4. The highest BCUT2D eigenvalue weighted by Gasteiger charge is 2.46. The molecule has 0 N–H and O–H groups in total. The van der Waals surface area contributed by atoms with E-state index in [-0.39, 0.29) is 23.0 Å². The van der Waals surface area contributed by atoms with Gasteiger partial charge >= 0.3 is 0 Å². The quantitative estimate of drug-likeness (QED) is 0.161. The summed E-state index contributed by atoms with van der Waals surface area (Å²) in [4.78, 5) is 12.2. The fraction of sp³-hybridized carbons (Fsp3) is 0.246. The van der Waals surface area contributed by atoms with E-state index in [0.29, 0.717) is 0 Å². The number of aromatic nitrogens is 1. The van der Waals surface area contributed by atoms with Gasteiger partial charge in [0, 0.05) is 68.1 Å². The summed E-state index contributed by atoms with van der Waals surface area (Å²) in [5.74, 6) is 0. The lowest BCUT2D eigenvalue weighted by molar-refractivity contribution is 0.590. The summed E-state index contributed by atoms with van der Waals surface area (Å²) < 4.78 is 2.55. The SMILES string of the molecule is Cc1ccc(N2c3cc(N(c4ccc(C(C)(C)C)cc4)c4ccc(C(C)(C)C)cc4)ccc3B3c4sc5cnccc5c4N(c4ccc(C)cc4)c4cc(C(C)(C)C)cc2c43)cc1. The lowest BCUT2D eigenvalue weighted by atomic mass is 9.36. The van der Waals surface area contributed by atoms with E-state index in [4.69, 9.17) is 0 Å². The van der Waals surface area contributed by atoms with E-state index in [1.165, 1.54) is 82.0 Å². The number of anilines is 9. The molecule has 4 heterocycles. The Balaban J connectivity index is 1.27. The molecular weight excluding hydrogens is 784 g/mol. The molecule has 0 unspecified atom stereocenters. The molecule has 8 aromatic rings. The number of rotatable bonds is 5. The third-order valence-electron chi connectivity index (χ3n) is 13.1. The number of hydrogen-bond donors (Lipinski definition) is 0. The fourth-order valence-corrected chi connectivity index (χ4v) is 10.8. The third kappa shape index (κ3) is 7.04. The Kier molecular flexibility index (Phi) is 9.58. The van der Waals surface area contributed by atoms with Crippen molar-refractivity contribution in [1.82, 2.24) is 4.98 Å². The van der Waals surface area contributed by atoms with E-state index in [0.717, 1.165) is 22.7 Å². The molecule has 10 rings (SSSR count). The average Bonchev–Trinajstić information content (AvgIpc) is 3.63. The molecule has 2 aromatic heterocycles. The highest BCUT2D eigenvalue weighted by Crippen LogP contribution is 2.50. The van der Waals surface area contributed by atoms with Gasteiger partial charge in [-0.1, -0.05) is 128 Å². The van der Waals surface area contributed by atoms with Crippen LogP contribution in [0, 0.1) is 13.8 Å². The summed E-state index contributed by atoms with van der Waals surface area (Å²) in [6.07, 6.45) is 4.00. The van der Waals surface area contributed by atoms with Gasteiger partial charge in [-0.3, -0.25) is 4.98 Å². The van der Waals surface area contributed by atoms with Gasteiger partial charge in [-0.15, -0.1) is 11.3 Å². The lowest BCUT2D eigenvalue weighted by Crippen LogP contribution is -2.60. The van der Waals surface area contributed by atoms with E-state index in [2.05, 4.69) is 236 Å². The van der Waals surface area contributed by atoms with Crippen molar-refractivity contribution in [2.75, 3.05) is 14.7 Å². The van der Waals surface area contributed by atoms with E-state index in [9.17, 15) is 0 Å². The lowest BCUT2D eigenvalue weighted by Gasteiger charge is -2.44. The van der Waals surface area contributed by atoms with Crippen molar-refractivity contribution in [2.24, 2.45) is 0 Å². The molecule has 0 spiro atoms. The van der Waals surface area contributed by atoms with Crippen LogP contribution in [0.25, 0.3) is 10.1 Å². The van der Waals surface area contributed by atoms with Gasteiger partial charge in [0.25, 0.3) is 6.71 Å². The number of benzene rings is 6. The van der Waals surface area contributed by atoms with Gasteiger partial charge in [0.2, 0.25) is 0 Å². The summed E-state index contributed by atoms with van der Waals surface area (Å²) in [6.45, 7) is 25.1. The Morgan fingerprint density at radius 3 is 1.52 bits per heavy atom. The van der Waals surface area contributed by atoms with Crippen LogP contribution in [0.4, 0.5) is 51.2 Å². The van der Waals surface area contributed by atoms with Crippen LogP contribution in [0.15, 0.2) is 146 Å². The minimum Gasteiger partial charge on any atom is -0.311 e. The molecule has 2 aliphatic rings. The predicted molar refractivity (Wildman–Crippen MR) is 274 cm³/mol. The highest BCUT2D eigenvalue weighted by atomic mass is 32.1.